The van der Waals surface area contributed by atoms with Crippen LogP contribution in [0.15, 0.2) is 18.2 Å². The zero-order valence-corrected chi connectivity index (χ0v) is 7.95. The number of hydrogen-bond acceptors (Lipinski definition) is 3. The first-order valence-corrected chi connectivity index (χ1v) is 4.47. The van der Waals surface area contributed by atoms with Crippen LogP contribution in [0.4, 0.5) is 0 Å². The Kier molecular flexibility index (Phi) is 2.37. The highest BCUT2D eigenvalue weighted by Crippen LogP contribution is 2.22. The Labute approximate surface area is 81.5 Å². The number of benzene rings is 1. The summed E-state index contributed by atoms with van der Waals surface area (Å²) < 4.78 is 5.17. The summed E-state index contributed by atoms with van der Waals surface area (Å²) in [6.07, 6.45) is 0.540. The normalized spacial score (nSPS) is 10.7. The number of aliphatic hydroxyl groups is 1. The number of nitrogens with zero attached hydrogens (tertiary/aromatic N) is 1. The lowest BCUT2D eigenvalue weighted by molar-refractivity contribution is 0.297. The van der Waals surface area contributed by atoms with Crippen molar-refractivity contribution in [3.63, 3.8) is 0 Å². The molecule has 2 N–H and O–H groups in total. The molecule has 0 unspecified atom stereocenters. The third-order valence-corrected chi connectivity index (χ3v) is 2.09. The summed E-state index contributed by atoms with van der Waals surface area (Å²) in [4.78, 5) is 7.45. The highest BCUT2D eigenvalue weighted by molar-refractivity contribution is 5.81. The molecule has 0 amide bonds. The van der Waals surface area contributed by atoms with Crippen molar-refractivity contribution in [2.45, 2.75) is 6.42 Å². The van der Waals surface area contributed by atoms with Crippen molar-refractivity contribution in [1.29, 1.82) is 0 Å². The van der Waals surface area contributed by atoms with Crippen LogP contribution in [0, 0.1) is 0 Å². The minimum absolute atomic E-state index is 0.0993. The largest absolute Gasteiger partial charge is 0.494 e. The third kappa shape index (κ3) is 1.44. The van der Waals surface area contributed by atoms with Crippen LogP contribution < -0.4 is 4.74 Å². The van der Waals surface area contributed by atoms with Gasteiger partial charge in [0.05, 0.1) is 19.2 Å². The van der Waals surface area contributed by atoms with Gasteiger partial charge in [-0.3, -0.25) is 0 Å². The smallest absolute Gasteiger partial charge is 0.146 e. The molecule has 74 valence electrons. The molecule has 0 aliphatic heterocycles. The summed E-state index contributed by atoms with van der Waals surface area (Å²) in [7, 11) is 1.62. The number of aromatic nitrogens is 2. The molecule has 0 bridgehead atoms. The zero-order chi connectivity index (χ0) is 9.97. The number of aliphatic hydroxyl groups excluding tert-OH is 1. The van der Waals surface area contributed by atoms with Gasteiger partial charge in [-0.05, 0) is 12.1 Å². The first kappa shape index (κ1) is 9.02. The predicted molar refractivity (Wildman–Crippen MR) is 53.4 cm³/mol. The number of H-pyrrole nitrogens is 1. The summed E-state index contributed by atoms with van der Waals surface area (Å²) in [6.45, 7) is 0.0993. The number of aromatic amines is 1. The fourth-order valence-corrected chi connectivity index (χ4v) is 1.45. The molecule has 2 aromatic rings. The van der Waals surface area contributed by atoms with E-state index in [1.807, 2.05) is 18.2 Å². The van der Waals surface area contributed by atoms with Crippen molar-refractivity contribution in [1.82, 2.24) is 9.97 Å². The van der Waals surface area contributed by atoms with Crippen molar-refractivity contribution in [2.24, 2.45) is 0 Å². The van der Waals surface area contributed by atoms with Crippen LogP contribution in [0.3, 0.4) is 0 Å². The summed E-state index contributed by atoms with van der Waals surface area (Å²) in [5.41, 5.74) is 1.76. The lowest BCUT2D eigenvalue weighted by Crippen LogP contribution is -1.92. The monoisotopic (exact) mass is 192 g/mol. The van der Waals surface area contributed by atoms with Gasteiger partial charge in [0.25, 0.3) is 0 Å². The van der Waals surface area contributed by atoms with Gasteiger partial charge in [0.1, 0.15) is 17.1 Å². The lowest BCUT2D eigenvalue weighted by atomic mass is 10.3. The maximum absolute atomic E-state index is 8.78. The van der Waals surface area contributed by atoms with Crippen molar-refractivity contribution >= 4 is 11.0 Å². The molecule has 1 heterocycles. The van der Waals surface area contributed by atoms with Gasteiger partial charge in [0.15, 0.2) is 0 Å². The molecule has 2 rings (SSSR count). The van der Waals surface area contributed by atoms with Crippen LogP contribution >= 0.6 is 0 Å². The van der Waals surface area contributed by atoms with Crippen molar-refractivity contribution in [3.8, 4) is 5.75 Å². The van der Waals surface area contributed by atoms with E-state index >= 15 is 0 Å². The number of para-hydroxylation sites is 1. The van der Waals surface area contributed by atoms with E-state index in [0.717, 1.165) is 22.6 Å². The fraction of sp³-hybridized carbons (Fsp3) is 0.300. The number of imidazole rings is 1. The molecule has 1 aromatic heterocycles. The standard InChI is InChI=1S/C10H12N2O2/c1-14-8-4-2-3-7-10(8)12-9(11-7)5-6-13/h2-4,13H,5-6H2,1H3,(H,11,12). The number of ether oxygens (including phenoxy) is 1. The Balaban J connectivity index is 2.52. The second kappa shape index (κ2) is 3.67. The van der Waals surface area contributed by atoms with Crippen molar-refractivity contribution in [2.75, 3.05) is 13.7 Å². The highest BCUT2D eigenvalue weighted by Gasteiger charge is 2.06. The number of rotatable bonds is 3. The Bertz CT molecular complexity index is 437. The SMILES string of the molecule is COc1cccc2[nH]c(CCO)nc12. The van der Waals surface area contributed by atoms with E-state index < -0.39 is 0 Å². The summed E-state index contributed by atoms with van der Waals surface area (Å²) in [5.74, 6) is 1.54. The van der Waals surface area contributed by atoms with Gasteiger partial charge in [-0.15, -0.1) is 0 Å². The van der Waals surface area contributed by atoms with Gasteiger partial charge in [-0.1, -0.05) is 6.07 Å². The zero-order valence-electron chi connectivity index (χ0n) is 7.95. The summed E-state index contributed by atoms with van der Waals surface area (Å²) >= 11 is 0. The average Bonchev–Trinajstić information content (AvgIpc) is 2.60. The lowest BCUT2D eigenvalue weighted by Gasteiger charge is -1.97. The van der Waals surface area contributed by atoms with E-state index in [1.165, 1.54) is 0 Å². The molecule has 0 aliphatic rings. The van der Waals surface area contributed by atoms with Gasteiger partial charge in [-0.2, -0.15) is 0 Å². The van der Waals surface area contributed by atoms with Gasteiger partial charge in [0, 0.05) is 6.42 Å². The summed E-state index contributed by atoms with van der Waals surface area (Å²) in [6, 6.07) is 5.71. The van der Waals surface area contributed by atoms with Crippen LogP contribution in [0.1, 0.15) is 5.82 Å². The van der Waals surface area contributed by atoms with Crippen LogP contribution in [0.25, 0.3) is 11.0 Å². The number of fused-ring (bicyclic) bond motifs is 1. The molecule has 0 spiro atoms. The van der Waals surface area contributed by atoms with E-state index in [4.69, 9.17) is 9.84 Å². The highest BCUT2D eigenvalue weighted by atomic mass is 16.5. The quantitative estimate of drug-likeness (QED) is 0.765. The number of nitrogens with one attached hydrogen (secondary N) is 1. The molecule has 4 heteroatoms. The van der Waals surface area contributed by atoms with Crippen LogP contribution in [-0.2, 0) is 6.42 Å². The predicted octanol–water partition coefficient (Wildman–Crippen LogP) is 1.11. The minimum Gasteiger partial charge on any atom is -0.494 e. The second-order valence-corrected chi connectivity index (χ2v) is 3.01. The maximum Gasteiger partial charge on any atom is 0.146 e. The fourth-order valence-electron chi connectivity index (χ4n) is 1.45. The first-order valence-electron chi connectivity index (χ1n) is 4.47. The average molecular weight is 192 g/mol. The van der Waals surface area contributed by atoms with E-state index in [0.29, 0.717) is 6.42 Å². The first-order chi connectivity index (χ1) is 6.85. The second-order valence-electron chi connectivity index (χ2n) is 3.01. The van der Waals surface area contributed by atoms with Gasteiger partial charge >= 0.3 is 0 Å². The van der Waals surface area contributed by atoms with Gasteiger partial charge in [0.2, 0.25) is 0 Å². The summed E-state index contributed by atoms with van der Waals surface area (Å²) in [5, 5.41) is 8.78. The van der Waals surface area contributed by atoms with Gasteiger partial charge in [-0.25, -0.2) is 4.98 Å². The van der Waals surface area contributed by atoms with E-state index in [-0.39, 0.29) is 6.61 Å². The molecule has 0 fully saturated rings. The van der Waals surface area contributed by atoms with Crippen LogP contribution in [0.2, 0.25) is 0 Å². The van der Waals surface area contributed by atoms with Gasteiger partial charge < -0.3 is 14.8 Å². The molecule has 1 aromatic carbocycles. The number of hydrogen-bond donors (Lipinski definition) is 2. The minimum atomic E-state index is 0.0993. The molecule has 0 aliphatic carbocycles. The van der Waals surface area contributed by atoms with E-state index in [9.17, 15) is 0 Å². The van der Waals surface area contributed by atoms with Crippen molar-refractivity contribution in [3.05, 3.63) is 24.0 Å². The molecular formula is C10H12N2O2. The van der Waals surface area contributed by atoms with Crippen LogP contribution in [-0.4, -0.2) is 28.8 Å². The Hall–Kier alpha value is -1.55. The van der Waals surface area contributed by atoms with E-state index in [1.54, 1.807) is 7.11 Å². The molecule has 0 saturated carbocycles. The molecule has 0 saturated heterocycles. The Morgan fingerprint density at radius 3 is 3.07 bits per heavy atom. The molecule has 14 heavy (non-hydrogen) atoms. The van der Waals surface area contributed by atoms with Crippen LogP contribution in [0.5, 0.6) is 5.75 Å². The molecule has 0 atom stereocenters. The van der Waals surface area contributed by atoms with Crippen molar-refractivity contribution < 1.29 is 9.84 Å². The third-order valence-electron chi connectivity index (χ3n) is 2.09. The Morgan fingerprint density at radius 2 is 2.36 bits per heavy atom. The Morgan fingerprint density at radius 1 is 1.50 bits per heavy atom. The topological polar surface area (TPSA) is 58.1 Å². The maximum atomic E-state index is 8.78. The van der Waals surface area contributed by atoms with E-state index in [2.05, 4.69) is 9.97 Å². The molecular weight excluding hydrogens is 180 g/mol. The molecule has 4 nitrogen and oxygen atoms in total. The number of methoxy groups -OCH3 is 1. The molecule has 0 radical (unpaired) electrons.